The molecule has 1 heterocycles. The van der Waals surface area contributed by atoms with Crippen molar-refractivity contribution in [2.75, 3.05) is 6.61 Å². The molecule has 1 aromatic heterocycles. The second-order valence-corrected chi connectivity index (χ2v) is 6.53. The van der Waals surface area contributed by atoms with Crippen LogP contribution < -0.4 is 4.74 Å². The number of fused-ring (bicyclic) bond motifs is 1. The number of hydrogen-bond acceptors (Lipinski definition) is 5. The number of hydrogen-bond donors (Lipinski definition) is 0. The van der Waals surface area contributed by atoms with E-state index in [1.54, 1.807) is 12.1 Å². The molecular formula is C24H20N2O3. The maximum absolute atomic E-state index is 12.0. The predicted molar refractivity (Wildman–Crippen MR) is 112 cm³/mol. The molecule has 0 fully saturated rings. The van der Waals surface area contributed by atoms with E-state index in [2.05, 4.69) is 10.2 Å². The second-order valence-electron chi connectivity index (χ2n) is 6.53. The first-order valence-electron chi connectivity index (χ1n) is 9.52. The Labute approximate surface area is 168 Å². The summed E-state index contributed by atoms with van der Waals surface area (Å²) in [5.41, 5.74) is 2.12. The summed E-state index contributed by atoms with van der Waals surface area (Å²) in [6.07, 6.45) is 0.794. The molecular weight excluding hydrogens is 364 g/mol. The molecule has 4 aromatic rings. The van der Waals surface area contributed by atoms with Crippen LogP contribution in [-0.4, -0.2) is 22.8 Å². The van der Waals surface area contributed by atoms with E-state index in [0.29, 0.717) is 23.8 Å². The fourth-order valence-corrected chi connectivity index (χ4v) is 3.01. The van der Waals surface area contributed by atoms with E-state index < -0.39 is 0 Å². The summed E-state index contributed by atoms with van der Waals surface area (Å²) in [6.45, 7) is 2.38. The summed E-state index contributed by atoms with van der Waals surface area (Å²) in [5, 5.41) is 10.5. The topological polar surface area (TPSA) is 61.3 Å². The van der Waals surface area contributed by atoms with Crippen molar-refractivity contribution in [1.29, 1.82) is 0 Å². The molecule has 0 unspecified atom stereocenters. The van der Waals surface area contributed by atoms with Gasteiger partial charge in [0.05, 0.1) is 12.2 Å². The highest BCUT2D eigenvalue weighted by molar-refractivity contribution is 5.97. The zero-order chi connectivity index (χ0) is 20.1. The van der Waals surface area contributed by atoms with Gasteiger partial charge in [-0.15, -0.1) is 10.2 Å². The molecule has 0 saturated carbocycles. The molecule has 4 rings (SSSR count). The third kappa shape index (κ3) is 4.09. The SMILES string of the molecule is CCCOC(=O)c1ccc(-c2nnc(Oc3ccccc3)c3ccccc23)cc1. The summed E-state index contributed by atoms with van der Waals surface area (Å²) in [6, 6.07) is 24.6. The van der Waals surface area contributed by atoms with Gasteiger partial charge in [0.1, 0.15) is 11.4 Å². The normalized spacial score (nSPS) is 10.7. The largest absolute Gasteiger partial charge is 0.462 e. The number of para-hydroxylation sites is 1. The zero-order valence-corrected chi connectivity index (χ0v) is 16.0. The molecule has 0 N–H and O–H groups in total. The molecule has 5 heteroatoms. The van der Waals surface area contributed by atoms with Crippen molar-refractivity contribution in [2.24, 2.45) is 0 Å². The predicted octanol–water partition coefficient (Wildman–Crippen LogP) is 5.66. The van der Waals surface area contributed by atoms with E-state index in [9.17, 15) is 4.79 Å². The summed E-state index contributed by atoms with van der Waals surface area (Å²) in [5.74, 6) is 0.839. The summed E-state index contributed by atoms with van der Waals surface area (Å²) in [7, 11) is 0. The number of esters is 1. The Morgan fingerprint density at radius 3 is 2.24 bits per heavy atom. The number of ether oxygens (including phenoxy) is 2. The van der Waals surface area contributed by atoms with Crippen molar-refractivity contribution in [3.63, 3.8) is 0 Å². The first-order valence-corrected chi connectivity index (χ1v) is 9.52. The molecule has 0 aliphatic carbocycles. The summed E-state index contributed by atoms with van der Waals surface area (Å²) >= 11 is 0. The van der Waals surface area contributed by atoms with Crippen LogP contribution in [0.4, 0.5) is 0 Å². The Hall–Kier alpha value is -3.73. The summed E-state index contributed by atoms with van der Waals surface area (Å²) < 4.78 is 11.1. The monoisotopic (exact) mass is 384 g/mol. The molecule has 144 valence electrons. The van der Waals surface area contributed by atoms with E-state index in [1.165, 1.54) is 0 Å². The van der Waals surface area contributed by atoms with Gasteiger partial charge in [-0.1, -0.05) is 55.5 Å². The standard InChI is InChI=1S/C24H20N2O3/c1-2-16-28-24(27)18-14-12-17(13-15-18)22-20-10-6-7-11-21(20)23(26-25-22)29-19-8-4-3-5-9-19/h3-15H,2,16H2,1H3. The third-order valence-electron chi connectivity index (χ3n) is 4.44. The van der Waals surface area contributed by atoms with E-state index in [-0.39, 0.29) is 5.97 Å². The lowest BCUT2D eigenvalue weighted by molar-refractivity contribution is 0.0505. The van der Waals surface area contributed by atoms with Crippen LogP contribution in [0.15, 0.2) is 78.9 Å². The fraction of sp³-hybridized carbons (Fsp3) is 0.125. The minimum Gasteiger partial charge on any atom is -0.462 e. The second kappa shape index (κ2) is 8.52. The van der Waals surface area contributed by atoms with Crippen molar-refractivity contribution in [3.8, 4) is 22.9 Å². The average molecular weight is 384 g/mol. The molecule has 0 aliphatic heterocycles. The molecule has 0 bridgehead atoms. The highest BCUT2D eigenvalue weighted by Gasteiger charge is 2.13. The molecule has 3 aromatic carbocycles. The molecule has 0 aliphatic rings. The number of carbonyl (C=O) groups is 1. The lowest BCUT2D eigenvalue weighted by Gasteiger charge is -2.10. The van der Waals surface area contributed by atoms with Crippen molar-refractivity contribution < 1.29 is 14.3 Å². The van der Waals surface area contributed by atoms with Crippen molar-refractivity contribution in [3.05, 3.63) is 84.4 Å². The Balaban J connectivity index is 1.68. The smallest absolute Gasteiger partial charge is 0.338 e. The number of benzene rings is 3. The maximum atomic E-state index is 12.0. The molecule has 0 atom stereocenters. The minimum atomic E-state index is -0.319. The first-order chi connectivity index (χ1) is 14.3. The third-order valence-corrected chi connectivity index (χ3v) is 4.44. The van der Waals surface area contributed by atoms with E-state index in [0.717, 1.165) is 28.5 Å². The number of carbonyl (C=O) groups excluding carboxylic acids is 1. The fourth-order valence-electron chi connectivity index (χ4n) is 3.01. The highest BCUT2D eigenvalue weighted by atomic mass is 16.5. The van der Waals surface area contributed by atoms with E-state index in [1.807, 2.05) is 73.7 Å². The molecule has 29 heavy (non-hydrogen) atoms. The first kappa shape index (κ1) is 18.6. The van der Waals surface area contributed by atoms with Gasteiger partial charge in [-0.25, -0.2) is 4.79 Å². The van der Waals surface area contributed by atoms with Gasteiger partial charge >= 0.3 is 5.97 Å². The van der Waals surface area contributed by atoms with E-state index in [4.69, 9.17) is 9.47 Å². The number of aromatic nitrogens is 2. The van der Waals surface area contributed by atoms with Crippen molar-refractivity contribution >= 4 is 16.7 Å². The molecule has 5 nitrogen and oxygen atoms in total. The quantitative estimate of drug-likeness (QED) is 0.402. The zero-order valence-electron chi connectivity index (χ0n) is 16.0. The van der Waals surface area contributed by atoms with Crippen LogP contribution in [-0.2, 0) is 4.74 Å². The van der Waals surface area contributed by atoms with Gasteiger partial charge in [0.15, 0.2) is 0 Å². The van der Waals surface area contributed by atoms with Crippen LogP contribution in [0.25, 0.3) is 22.0 Å². The minimum absolute atomic E-state index is 0.319. The van der Waals surface area contributed by atoms with E-state index >= 15 is 0 Å². The van der Waals surface area contributed by atoms with Gasteiger partial charge in [0.2, 0.25) is 5.88 Å². The lowest BCUT2D eigenvalue weighted by Crippen LogP contribution is -2.05. The van der Waals surface area contributed by atoms with Gasteiger partial charge in [0, 0.05) is 16.3 Å². The number of nitrogens with zero attached hydrogens (tertiary/aromatic N) is 2. The summed E-state index contributed by atoms with van der Waals surface area (Å²) in [4.78, 5) is 12.0. The highest BCUT2D eigenvalue weighted by Crippen LogP contribution is 2.32. The Bertz CT molecular complexity index is 1130. The Morgan fingerprint density at radius 1 is 0.828 bits per heavy atom. The molecule has 0 radical (unpaired) electrons. The van der Waals surface area contributed by atoms with Crippen LogP contribution in [0.3, 0.4) is 0 Å². The lowest BCUT2D eigenvalue weighted by atomic mass is 10.0. The van der Waals surface area contributed by atoms with Crippen molar-refractivity contribution in [2.45, 2.75) is 13.3 Å². The van der Waals surface area contributed by atoms with Gasteiger partial charge in [-0.2, -0.15) is 0 Å². The maximum Gasteiger partial charge on any atom is 0.338 e. The molecule has 0 saturated heterocycles. The van der Waals surface area contributed by atoms with Crippen LogP contribution >= 0.6 is 0 Å². The molecule has 0 spiro atoms. The van der Waals surface area contributed by atoms with Crippen LogP contribution in [0.2, 0.25) is 0 Å². The number of rotatable bonds is 6. The average Bonchev–Trinajstić information content (AvgIpc) is 2.78. The van der Waals surface area contributed by atoms with Crippen molar-refractivity contribution in [1.82, 2.24) is 10.2 Å². The molecule has 0 amide bonds. The van der Waals surface area contributed by atoms with Crippen LogP contribution in [0, 0.1) is 0 Å². The Morgan fingerprint density at radius 2 is 1.52 bits per heavy atom. The van der Waals surface area contributed by atoms with Gasteiger partial charge in [0.25, 0.3) is 0 Å². The van der Waals surface area contributed by atoms with Gasteiger partial charge in [-0.3, -0.25) is 0 Å². The van der Waals surface area contributed by atoms with Gasteiger partial charge in [-0.05, 0) is 36.8 Å². The Kier molecular flexibility index (Phi) is 5.47. The van der Waals surface area contributed by atoms with Crippen LogP contribution in [0.5, 0.6) is 11.6 Å². The van der Waals surface area contributed by atoms with Crippen LogP contribution in [0.1, 0.15) is 23.7 Å². The van der Waals surface area contributed by atoms with Gasteiger partial charge < -0.3 is 9.47 Å².